The van der Waals surface area contributed by atoms with Gasteiger partial charge in [0, 0.05) is 23.9 Å². The van der Waals surface area contributed by atoms with Crippen LogP contribution in [0.3, 0.4) is 0 Å². The van der Waals surface area contributed by atoms with E-state index in [1.165, 1.54) is 12.1 Å². The molecule has 0 N–H and O–H groups in total. The fourth-order valence-corrected chi connectivity index (χ4v) is 2.71. The number of allylic oxidation sites excluding steroid dienone is 1. The fourth-order valence-electron chi connectivity index (χ4n) is 2.71. The number of nitro groups is 1. The maximum Gasteiger partial charge on any atom is 0.269 e. The lowest BCUT2D eigenvalue weighted by Crippen LogP contribution is -1.86. The molecule has 1 aromatic heterocycles. The normalized spacial score (nSPS) is 11.6. The van der Waals surface area contributed by atoms with Crippen molar-refractivity contribution in [2.24, 2.45) is 4.99 Å². The number of para-hydroxylation sites is 2. The van der Waals surface area contributed by atoms with Crippen LogP contribution in [0.4, 0.5) is 11.4 Å². The van der Waals surface area contributed by atoms with Crippen LogP contribution in [0.25, 0.3) is 28.6 Å². The van der Waals surface area contributed by atoms with Gasteiger partial charge in [0.2, 0.25) is 5.89 Å². The number of benzene rings is 3. The Hall–Kier alpha value is -4.06. The minimum atomic E-state index is -0.418. The molecule has 6 nitrogen and oxygen atoms in total. The summed E-state index contributed by atoms with van der Waals surface area (Å²) in [5.41, 5.74) is 4.12. The summed E-state index contributed by atoms with van der Waals surface area (Å²) in [4.78, 5) is 19.2. The van der Waals surface area contributed by atoms with Gasteiger partial charge in [0.25, 0.3) is 5.69 Å². The molecule has 0 aliphatic heterocycles. The predicted molar refractivity (Wildman–Crippen MR) is 110 cm³/mol. The summed E-state index contributed by atoms with van der Waals surface area (Å²) in [6.45, 7) is 0. The maximum atomic E-state index is 10.7. The maximum absolute atomic E-state index is 10.7. The zero-order valence-corrected chi connectivity index (χ0v) is 14.7. The largest absolute Gasteiger partial charge is 0.436 e. The van der Waals surface area contributed by atoms with Gasteiger partial charge in [0.15, 0.2) is 5.58 Å². The molecule has 136 valence electrons. The number of oxazole rings is 1. The van der Waals surface area contributed by atoms with Crippen molar-refractivity contribution in [1.29, 1.82) is 0 Å². The average molecular weight is 369 g/mol. The molecule has 0 amide bonds. The number of hydrogen-bond acceptors (Lipinski definition) is 5. The SMILES string of the molecule is O=[N+]([O-])c1ccc(C=CC=Nc2cccc(-c3nc4ccccc4o3)c2)cc1. The van der Waals surface area contributed by atoms with Crippen molar-refractivity contribution < 1.29 is 9.34 Å². The molecule has 1 heterocycles. The summed E-state index contributed by atoms with van der Waals surface area (Å²) in [5.74, 6) is 0.555. The molecule has 0 radical (unpaired) electrons. The second kappa shape index (κ2) is 7.67. The molecular formula is C22H15N3O3. The number of hydrogen-bond donors (Lipinski definition) is 0. The highest BCUT2D eigenvalue weighted by molar-refractivity contribution is 5.81. The first-order valence-electron chi connectivity index (χ1n) is 8.60. The Morgan fingerprint density at radius 1 is 1.00 bits per heavy atom. The molecule has 0 unspecified atom stereocenters. The van der Waals surface area contributed by atoms with Gasteiger partial charge in [-0.05, 0) is 54.1 Å². The summed E-state index contributed by atoms with van der Waals surface area (Å²) in [6, 6.07) is 21.6. The van der Waals surface area contributed by atoms with Crippen LogP contribution >= 0.6 is 0 Å². The Bertz CT molecular complexity index is 1160. The number of rotatable bonds is 5. The monoisotopic (exact) mass is 369 g/mol. The van der Waals surface area contributed by atoms with E-state index in [-0.39, 0.29) is 5.69 Å². The molecule has 0 atom stereocenters. The number of nitrogens with zero attached hydrogens (tertiary/aromatic N) is 3. The van der Waals surface area contributed by atoms with Gasteiger partial charge in [-0.15, -0.1) is 0 Å². The van der Waals surface area contributed by atoms with Crippen molar-refractivity contribution in [3.05, 3.63) is 94.6 Å². The van der Waals surface area contributed by atoms with Crippen molar-refractivity contribution >= 4 is 34.8 Å². The van der Waals surface area contributed by atoms with Crippen LogP contribution in [0.15, 0.2) is 88.3 Å². The molecule has 0 spiro atoms. The Kier molecular flexibility index (Phi) is 4.76. The highest BCUT2D eigenvalue weighted by atomic mass is 16.6. The van der Waals surface area contributed by atoms with Gasteiger partial charge < -0.3 is 4.42 Å². The molecule has 4 aromatic rings. The first kappa shape index (κ1) is 17.4. The molecule has 0 saturated carbocycles. The smallest absolute Gasteiger partial charge is 0.269 e. The van der Waals surface area contributed by atoms with Gasteiger partial charge in [-0.2, -0.15) is 0 Å². The van der Waals surface area contributed by atoms with Gasteiger partial charge in [0.05, 0.1) is 10.6 Å². The molecule has 0 fully saturated rings. The first-order valence-corrected chi connectivity index (χ1v) is 8.60. The van der Waals surface area contributed by atoms with E-state index in [4.69, 9.17) is 4.42 Å². The van der Waals surface area contributed by atoms with Gasteiger partial charge in [-0.1, -0.05) is 24.3 Å². The average Bonchev–Trinajstić information content (AvgIpc) is 3.16. The number of aromatic nitrogens is 1. The van der Waals surface area contributed by atoms with Crippen molar-refractivity contribution in [2.75, 3.05) is 0 Å². The highest BCUT2D eigenvalue weighted by Gasteiger charge is 2.07. The van der Waals surface area contributed by atoms with Crippen molar-refractivity contribution in [2.45, 2.75) is 0 Å². The zero-order valence-electron chi connectivity index (χ0n) is 14.7. The Morgan fingerprint density at radius 2 is 1.82 bits per heavy atom. The van der Waals surface area contributed by atoms with E-state index < -0.39 is 4.92 Å². The third-order valence-corrected chi connectivity index (χ3v) is 4.09. The number of nitro benzene ring substituents is 1. The molecule has 0 saturated heterocycles. The van der Waals surface area contributed by atoms with E-state index in [9.17, 15) is 10.1 Å². The number of fused-ring (bicyclic) bond motifs is 1. The summed E-state index contributed by atoms with van der Waals surface area (Å²) >= 11 is 0. The highest BCUT2D eigenvalue weighted by Crippen LogP contribution is 2.26. The lowest BCUT2D eigenvalue weighted by Gasteiger charge is -1.97. The van der Waals surface area contributed by atoms with Crippen LogP contribution in [-0.2, 0) is 0 Å². The standard InChI is InChI=1S/C22H15N3O3/c26-25(27)19-12-10-16(11-13-19)5-4-14-23-18-7-3-6-17(15-18)22-24-20-8-1-2-9-21(20)28-22/h1-15H. The van der Waals surface area contributed by atoms with E-state index in [0.717, 1.165) is 27.9 Å². The third-order valence-electron chi connectivity index (χ3n) is 4.09. The van der Waals surface area contributed by atoms with Crippen LogP contribution in [0.1, 0.15) is 5.56 Å². The van der Waals surface area contributed by atoms with Crippen LogP contribution in [-0.4, -0.2) is 16.1 Å². The van der Waals surface area contributed by atoms with Gasteiger partial charge in [0.1, 0.15) is 5.52 Å². The molecule has 3 aromatic carbocycles. The van der Waals surface area contributed by atoms with E-state index in [0.29, 0.717) is 5.89 Å². The van der Waals surface area contributed by atoms with Crippen molar-refractivity contribution in [1.82, 2.24) is 4.98 Å². The van der Waals surface area contributed by atoms with Crippen LogP contribution in [0.2, 0.25) is 0 Å². The summed E-state index contributed by atoms with van der Waals surface area (Å²) in [7, 11) is 0. The fraction of sp³-hybridized carbons (Fsp3) is 0. The van der Waals surface area contributed by atoms with Crippen molar-refractivity contribution in [3.63, 3.8) is 0 Å². The summed E-state index contributed by atoms with van der Waals surface area (Å²) in [5, 5.41) is 10.7. The molecule has 0 bridgehead atoms. The topological polar surface area (TPSA) is 81.5 Å². The quantitative estimate of drug-likeness (QED) is 0.252. The Balaban J connectivity index is 1.49. The van der Waals surface area contributed by atoms with Crippen molar-refractivity contribution in [3.8, 4) is 11.5 Å². The van der Waals surface area contributed by atoms with E-state index >= 15 is 0 Å². The van der Waals surface area contributed by atoms with Gasteiger partial charge in [-0.25, -0.2) is 4.98 Å². The minimum absolute atomic E-state index is 0.0711. The molecule has 4 rings (SSSR count). The van der Waals surface area contributed by atoms with E-state index in [2.05, 4.69) is 9.98 Å². The second-order valence-electron chi connectivity index (χ2n) is 6.02. The summed E-state index contributed by atoms with van der Waals surface area (Å²) in [6.07, 6.45) is 5.29. The first-order chi connectivity index (χ1) is 13.7. The predicted octanol–water partition coefficient (Wildman–Crippen LogP) is 5.82. The Labute approximate surface area is 160 Å². The zero-order chi connectivity index (χ0) is 19.3. The minimum Gasteiger partial charge on any atom is -0.436 e. The van der Waals surface area contributed by atoms with Crippen LogP contribution in [0.5, 0.6) is 0 Å². The lowest BCUT2D eigenvalue weighted by molar-refractivity contribution is -0.384. The summed E-state index contributed by atoms with van der Waals surface area (Å²) < 4.78 is 5.79. The van der Waals surface area contributed by atoms with Crippen LogP contribution in [0, 0.1) is 10.1 Å². The Morgan fingerprint density at radius 3 is 2.61 bits per heavy atom. The molecular weight excluding hydrogens is 354 g/mol. The van der Waals surface area contributed by atoms with E-state index in [1.807, 2.05) is 54.6 Å². The van der Waals surface area contributed by atoms with Crippen LogP contribution < -0.4 is 0 Å². The second-order valence-corrected chi connectivity index (χ2v) is 6.02. The molecule has 0 aliphatic rings. The number of non-ortho nitro benzene ring substituents is 1. The lowest BCUT2D eigenvalue weighted by atomic mass is 10.2. The third kappa shape index (κ3) is 3.86. The molecule has 6 heteroatoms. The molecule has 28 heavy (non-hydrogen) atoms. The van der Waals surface area contributed by atoms with Gasteiger partial charge >= 0.3 is 0 Å². The number of aliphatic imine (C=N–C) groups is 1. The molecule has 0 aliphatic carbocycles. The van der Waals surface area contributed by atoms with Gasteiger partial charge in [-0.3, -0.25) is 15.1 Å². The van der Waals surface area contributed by atoms with E-state index in [1.54, 1.807) is 24.4 Å².